The third kappa shape index (κ3) is 2.04. The summed E-state index contributed by atoms with van der Waals surface area (Å²) >= 11 is 0. The van der Waals surface area contributed by atoms with Gasteiger partial charge in [-0.2, -0.15) is 0 Å². The Labute approximate surface area is 55.6 Å². The van der Waals surface area contributed by atoms with Crippen molar-refractivity contribution in [1.82, 2.24) is 0 Å². The van der Waals surface area contributed by atoms with Crippen LogP contribution in [0.15, 0.2) is 5.16 Å². The van der Waals surface area contributed by atoms with E-state index in [0.717, 1.165) is 18.6 Å². The molecule has 51 valence electrons. The van der Waals surface area contributed by atoms with Crippen LogP contribution in [-0.2, 0) is 5.21 Å². The van der Waals surface area contributed by atoms with Gasteiger partial charge in [0.05, 0.1) is 5.71 Å². The summed E-state index contributed by atoms with van der Waals surface area (Å²) in [6, 6.07) is 0. The van der Waals surface area contributed by atoms with Crippen LogP contribution >= 0.6 is 0 Å². The van der Waals surface area contributed by atoms with Crippen LogP contribution in [0, 0.1) is 0 Å². The average molecular weight is 126 g/mol. The summed E-state index contributed by atoms with van der Waals surface area (Å²) in [5.41, 5.74) is 0.882. The molecule has 0 bridgehead atoms. The minimum absolute atomic E-state index is 0.882. The maximum atomic E-state index is 10.0. The molecule has 2 heteroatoms. The lowest BCUT2D eigenvalue weighted by molar-refractivity contribution is 0.207. The van der Waals surface area contributed by atoms with Gasteiger partial charge in [0.25, 0.3) is 0 Å². The predicted molar refractivity (Wildman–Crippen MR) is 35.8 cm³/mol. The van der Waals surface area contributed by atoms with E-state index in [2.05, 4.69) is 5.16 Å². The van der Waals surface area contributed by atoms with Gasteiger partial charge < -0.3 is 0 Å². The molecular formula is C7H12NO. The highest BCUT2D eigenvalue weighted by Gasteiger charge is 2.04. The maximum Gasteiger partial charge on any atom is 0.0624 e. The van der Waals surface area contributed by atoms with E-state index in [0.29, 0.717) is 0 Å². The first-order valence-electron chi connectivity index (χ1n) is 3.61. The van der Waals surface area contributed by atoms with Crippen molar-refractivity contribution in [2.75, 3.05) is 0 Å². The van der Waals surface area contributed by atoms with Gasteiger partial charge in [-0.1, -0.05) is 12.8 Å². The zero-order valence-corrected chi connectivity index (χ0v) is 5.60. The molecule has 1 rings (SSSR count). The zero-order chi connectivity index (χ0) is 6.53. The fraction of sp³-hybridized carbons (Fsp3) is 0.857. The van der Waals surface area contributed by atoms with Crippen molar-refractivity contribution in [3.63, 3.8) is 0 Å². The molecule has 1 radical (unpaired) electrons. The highest BCUT2D eigenvalue weighted by molar-refractivity contribution is 5.83. The van der Waals surface area contributed by atoms with Crippen LogP contribution in [0.25, 0.3) is 0 Å². The number of nitrogens with zero attached hydrogens (tertiary/aromatic N) is 1. The first-order chi connectivity index (χ1) is 4.43. The predicted octanol–water partition coefficient (Wildman–Crippen LogP) is 2.13. The Kier molecular flexibility index (Phi) is 2.55. The lowest BCUT2D eigenvalue weighted by atomic mass is 10.2. The molecule has 1 saturated carbocycles. The Hall–Kier alpha value is -0.530. The van der Waals surface area contributed by atoms with Crippen molar-refractivity contribution in [3.8, 4) is 0 Å². The molecule has 0 heterocycles. The van der Waals surface area contributed by atoms with E-state index in [1.807, 2.05) is 0 Å². The minimum Gasteiger partial charge on any atom is -0.145 e. The van der Waals surface area contributed by atoms with Gasteiger partial charge in [-0.15, -0.1) is 5.21 Å². The molecule has 0 unspecified atom stereocenters. The monoisotopic (exact) mass is 126 g/mol. The second-order valence-corrected chi connectivity index (χ2v) is 2.57. The van der Waals surface area contributed by atoms with Gasteiger partial charge in [-0.25, -0.2) is 0 Å². The Morgan fingerprint density at radius 2 is 1.56 bits per heavy atom. The van der Waals surface area contributed by atoms with Gasteiger partial charge >= 0.3 is 0 Å². The highest BCUT2D eigenvalue weighted by Crippen LogP contribution is 2.14. The molecule has 9 heavy (non-hydrogen) atoms. The van der Waals surface area contributed by atoms with Gasteiger partial charge in [0.15, 0.2) is 0 Å². The lowest BCUT2D eigenvalue weighted by Crippen LogP contribution is -1.93. The summed E-state index contributed by atoms with van der Waals surface area (Å²) in [6.45, 7) is 0. The fourth-order valence-corrected chi connectivity index (χ4v) is 1.23. The lowest BCUT2D eigenvalue weighted by Gasteiger charge is -1.92. The first-order valence-corrected chi connectivity index (χ1v) is 3.61. The quantitative estimate of drug-likeness (QED) is 0.352. The SMILES string of the molecule is [O]N=C1CCCCCC1. The second-order valence-electron chi connectivity index (χ2n) is 2.57. The number of hydrogen-bond acceptors (Lipinski definition) is 1. The van der Waals surface area contributed by atoms with Crippen LogP contribution in [-0.4, -0.2) is 5.71 Å². The second kappa shape index (κ2) is 3.49. The molecule has 0 amide bonds. The minimum atomic E-state index is 0.882. The molecule has 0 saturated heterocycles. The van der Waals surface area contributed by atoms with Gasteiger partial charge in [-0.05, 0) is 30.8 Å². The molecular weight excluding hydrogens is 114 g/mol. The number of hydrogen-bond donors (Lipinski definition) is 0. The van der Waals surface area contributed by atoms with Gasteiger partial charge in [0, 0.05) is 0 Å². The smallest absolute Gasteiger partial charge is 0.0624 e. The number of rotatable bonds is 0. The summed E-state index contributed by atoms with van der Waals surface area (Å²) in [5.74, 6) is 0. The Balaban J connectivity index is 2.36. The van der Waals surface area contributed by atoms with E-state index < -0.39 is 0 Å². The van der Waals surface area contributed by atoms with Crippen LogP contribution < -0.4 is 0 Å². The van der Waals surface area contributed by atoms with Crippen molar-refractivity contribution in [2.45, 2.75) is 38.5 Å². The largest absolute Gasteiger partial charge is 0.145 e. The van der Waals surface area contributed by atoms with Gasteiger partial charge in [-0.3, -0.25) is 0 Å². The van der Waals surface area contributed by atoms with Crippen molar-refractivity contribution >= 4 is 5.71 Å². The van der Waals surface area contributed by atoms with Crippen LogP contribution in [0.5, 0.6) is 0 Å². The molecule has 0 N–H and O–H groups in total. The van der Waals surface area contributed by atoms with Crippen molar-refractivity contribution < 1.29 is 5.21 Å². The van der Waals surface area contributed by atoms with Crippen LogP contribution in [0.1, 0.15) is 38.5 Å². The molecule has 0 atom stereocenters. The van der Waals surface area contributed by atoms with E-state index in [1.54, 1.807) is 0 Å². The van der Waals surface area contributed by atoms with E-state index in [9.17, 15) is 5.21 Å². The zero-order valence-electron chi connectivity index (χ0n) is 5.60. The van der Waals surface area contributed by atoms with Crippen LogP contribution in [0.3, 0.4) is 0 Å². The Morgan fingerprint density at radius 3 is 2.00 bits per heavy atom. The van der Waals surface area contributed by atoms with Gasteiger partial charge in [0.2, 0.25) is 0 Å². The fourth-order valence-electron chi connectivity index (χ4n) is 1.23. The molecule has 0 aromatic heterocycles. The van der Waals surface area contributed by atoms with E-state index in [1.165, 1.54) is 25.7 Å². The maximum absolute atomic E-state index is 10.0. The summed E-state index contributed by atoms with van der Waals surface area (Å²) < 4.78 is 0. The first kappa shape index (κ1) is 6.59. The van der Waals surface area contributed by atoms with Gasteiger partial charge in [0.1, 0.15) is 0 Å². The third-order valence-corrected chi connectivity index (χ3v) is 1.81. The topological polar surface area (TPSA) is 32.3 Å². The third-order valence-electron chi connectivity index (χ3n) is 1.81. The summed E-state index contributed by atoms with van der Waals surface area (Å²) in [6.07, 6.45) is 6.78. The van der Waals surface area contributed by atoms with Crippen molar-refractivity contribution in [3.05, 3.63) is 0 Å². The van der Waals surface area contributed by atoms with E-state index >= 15 is 0 Å². The summed E-state index contributed by atoms with van der Waals surface area (Å²) in [7, 11) is 0. The molecule has 0 spiro atoms. The standard InChI is InChI=1S/C7H12NO/c9-8-7-5-3-1-2-4-6-7/h1-6H2. The summed E-state index contributed by atoms with van der Waals surface area (Å²) in [4.78, 5) is 0. The van der Waals surface area contributed by atoms with E-state index in [-0.39, 0.29) is 0 Å². The van der Waals surface area contributed by atoms with Crippen molar-refractivity contribution in [1.29, 1.82) is 0 Å². The Bertz CT molecular complexity index is 99.5. The molecule has 1 aliphatic carbocycles. The molecule has 1 fully saturated rings. The molecule has 1 aliphatic rings. The summed E-state index contributed by atoms with van der Waals surface area (Å²) in [5, 5.41) is 13.0. The highest BCUT2D eigenvalue weighted by atomic mass is 16.4. The van der Waals surface area contributed by atoms with Crippen molar-refractivity contribution in [2.24, 2.45) is 5.16 Å². The molecule has 0 aromatic carbocycles. The molecule has 0 aromatic rings. The Morgan fingerprint density at radius 1 is 1.00 bits per heavy atom. The van der Waals surface area contributed by atoms with E-state index in [4.69, 9.17) is 0 Å². The normalized spacial score (nSPS) is 21.1. The molecule has 0 aliphatic heterocycles. The average Bonchev–Trinajstić information content (AvgIpc) is 2.13. The molecule has 2 nitrogen and oxygen atoms in total. The van der Waals surface area contributed by atoms with Crippen LogP contribution in [0.4, 0.5) is 0 Å². The van der Waals surface area contributed by atoms with Crippen LogP contribution in [0.2, 0.25) is 0 Å².